The molecule has 0 saturated heterocycles. The molecule has 1 N–H and O–H groups in total. The first-order valence-electron chi connectivity index (χ1n) is 6.40. The van der Waals surface area contributed by atoms with Crippen molar-refractivity contribution < 1.29 is 0 Å². The van der Waals surface area contributed by atoms with E-state index < -0.39 is 0 Å². The molecule has 3 nitrogen and oxygen atoms in total. The van der Waals surface area contributed by atoms with E-state index in [2.05, 4.69) is 67.6 Å². The molecular formula is C16H14BrN3. The van der Waals surface area contributed by atoms with Crippen LogP contribution < -0.4 is 5.32 Å². The number of fused-ring (bicyclic) bond motifs is 1. The number of hydrogen-bond acceptors (Lipinski definition) is 3. The highest BCUT2D eigenvalue weighted by atomic mass is 79.9. The van der Waals surface area contributed by atoms with Crippen LogP contribution in [-0.4, -0.2) is 17.0 Å². The van der Waals surface area contributed by atoms with Gasteiger partial charge in [0.1, 0.15) is 0 Å². The van der Waals surface area contributed by atoms with Gasteiger partial charge in [0.25, 0.3) is 0 Å². The zero-order valence-electron chi connectivity index (χ0n) is 11.0. The average Bonchev–Trinajstić information content (AvgIpc) is 2.49. The van der Waals surface area contributed by atoms with Gasteiger partial charge in [0.05, 0.1) is 17.9 Å². The maximum absolute atomic E-state index is 4.39. The van der Waals surface area contributed by atoms with Crippen LogP contribution in [0.5, 0.6) is 0 Å². The van der Waals surface area contributed by atoms with Gasteiger partial charge in [0, 0.05) is 16.9 Å². The Morgan fingerprint density at radius 1 is 1.05 bits per heavy atom. The number of aromatic nitrogens is 2. The van der Waals surface area contributed by atoms with Crippen LogP contribution in [0.1, 0.15) is 17.3 Å². The Balaban J connectivity index is 2.06. The molecule has 0 amide bonds. The molecule has 20 heavy (non-hydrogen) atoms. The molecule has 3 rings (SSSR count). The summed E-state index contributed by atoms with van der Waals surface area (Å²) in [6.07, 6.45) is 5.21. The zero-order chi connectivity index (χ0) is 13.9. The number of nitrogens with zero attached hydrogens (tertiary/aromatic N) is 2. The van der Waals surface area contributed by atoms with Crippen LogP contribution in [0.4, 0.5) is 0 Å². The van der Waals surface area contributed by atoms with Gasteiger partial charge < -0.3 is 5.32 Å². The number of halogens is 1. The second-order valence-electron chi connectivity index (χ2n) is 4.60. The van der Waals surface area contributed by atoms with E-state index in [1.165, 1.54) is 16.3 Å². The van der Waals surface area contributed by atoms with Crippen molar-refractivity contribution in [2.75, 3.05) is 7.05 Å². The molecule has 0 aliphatic rings. The van der Waals surface area contributed by atoms with Crippen LogP contribution in [0.3, 0.4) is 0 Å². The van der Waals surface area contributed by atoms with Crippen LogP contribution in [0.2, 0.25) is 0 Å². The van der Waals surface area contributed by atoms with Crippen molar-refractivity contribution in [1.82, 2.24) is 15.3 Å². The lowest BCUT2D eigenvalue weighted by Crippen LogP contribution is -2.18. The van der Waals surface area contributed by atoms with E-state index in [4.69, 9.17) is 0 Å². The van der Waals surface area contributed by atoms with E-state index in [1.807, 2.05) is 7.05 Å². The van der Waals surface area contributed by atoms with Crippen molar-refractivity contribution >= 4 is 26.7 Å². The Hall–Kier alpha value is -1.78. The molecule has 0 radical (unpaired) electrons. The summed E-state index contributed by atoms with van der Waals surface area (Å²) in [6, 6.07) is 12.8. The molecular weight excluding hydrogens is 314 g/mol. The lowest BCUT2D eigenvalue weighted by atomic mass is 10.00. The van der Waals surface area contributed by atoms with Gasteiger partial charge in [-0.15, -0.1) is 0 Å². The largest absolute Gasteiger partial charge is 0.308 e. The summed E-state index contributed by atoms with van der Waals surface area (Å²) < 4.78 is 1.09. The highest BCUT2D eigenvalue weighted by molar-refractivity contribution is 9.10. The van der Waals surface area contributed by atoms with E-state index in [-0.39, 0.29) is 6.04 Å². The predicted octanol–water partition coefficient (Wildman–Crippen LogP) is 3.70. The first-order valence-corrected chi connectivity index (χ1v) is 7.19. The Kier molecular flexibility index (Phi) is 3.76. The third-order valence-electron chi connectivity index (χ3n) is 3.33. The maximum Gasteiger partial charge on any atom is 0.0801 e. The summed E-state index contributed by atoms with van der Waals surface area (Å²) in [7, 11) is 1.94. The molecule has 1 aromatic heterocycles. The summed E-state index contributed by atoms with van der Waals surface area (Å²) in [5, 5.41) is 5.74. The number of hydrogen-bond donors (Lipinski definition) is 1. The minimum Gasteiger partial charge on any atom is -0.308 e. The van der Waals surface area contributed by atoms with Crippen LogP contribution >= 0.6 is 15.9 Å². The smallest absolute Gasteiger partial charge is 0.0801 e. The molecule has 0 spiro atoms. The van der Waals surface area contributed by atoms with Gasteiger partial charge in [-0.1, -0.05) is 34.1 Å². The fourth-order valence-electron chi connectivity index (χ4n) is 2.36. The van der Waals surface area contributed by atoms with Gasteiger partial charge in [-0.25, -0.2) is 0 Å². The summed E-state index contributed by atoms with van der Waals surface area (Å²) >= 11 is 3.50. The molecule has 2 aromatic carbocycles. The number of nitrogens with one attached hydrogen (secondary N) is 1. The first kappa shape index (κ1) is 13.2. The molecule has 0 bridgehead atoms. The maximum atomic E-state index is 4.39. The van der Waals surface area contributed by atoms with Gasteiger partial charge in [0.2, 0.25) is 0 Å². The average molecular weight is 328 g/mol. The van der Waals surface area contributed by atoms with Gasteiger partial charge >= 0.3 is 0 Å². The van der Waals surface area contributed by atoms with Crippen molar-refractivity contribution in [3.05, 3.63) is 70.7 Å². The number of benzene rings is 2. The van der Waals surface area contributed by atoms with Crippen molar-refractivity contribution in [3.8, 4) is 0 Å². The second-order valence-corrected chi connectivity index (χ2v) is 5.52. The van der Waals surface area contributed by atoms with Gasteiger partial charge in [0.15, 0.2) is 0 Å². The topological polar surface area (TPSA) is 37.8 Å². The predicted molar refractivity (Wildman–Crippen MR) is 84.6 cm³/mol. The molecule has 1 unspecified atom stereocenters. The minimum atomic E-state index is 0.0525. The quantitative estimate of drug-likeness (QED) is 0.797. The SMILES string of the molecule is CNC(c1ccc2cc(Br)ccc2c1)c1cnccn1. The third kappa shape index (κ3) is 2.57. The van der Waals surface area contributed by atoms with E-state index in [0.29, 0.717) is 0 Å². The highest BCUT2D eigenvalue weighted by Crippen LogP contribution is 2.25. The fourth-order valence-corrected chi connectivity index (χ4v) is 2.74. The first-order chi connectivity index (χ1) is 9.78. The molecule has 100 valence electrons. The van der Waals surface area contributed by atoms with Crippen LogP contribution in [-0.2, 0) is 0 Å². The molecule has 0 fully saturated rings. The summed E-state index contributed by atoms with van der Waals surface area (Å²) in [5.41, 5.74) is 2.11. The van der Waals surface area contributed by atoms with Crippen molar-refractivity contribution in [2.45, 2.75) is 6.04 Å². The lowest BCUT2D eigenvalue weighted by molar-refractivity contribution is 0.667. The summed E-state index contributed by atoms with van der Waals surface area (Å²) in [4.78, 5) is 8.53. The fraction of sp³-hybridized carbons (Fsp3) is 0.125. The minimum absolute atomic E-state index is 0.0525. The Labute approximate surface area is 126 Å². The van der Waals surface area contributed by atoms with Gasteiger partial charge in [-0.3, -0.25) is 9.97 Å². The monoisotopic (exact) mass is 327 g/mol. The summed E-state index contributed by atoms with van der Waals surface area (Å²) in [5.74, 6) is 0. The lowest BCUT2D eigenvalue weighted by Gasteiger charge is -2.16. The Bertz CT molecular complexity index is 728. The standard InChI is InChI=1S/C16H14BrN3/c1-18-16(15-10-19-6-7-20-15)13-3-2-12-9-14(17)5-4-11(12)8-13/h2-10,16,18H,1H3. The van der Waals surface area contributed by atoms with E-state index in [9.17, 15) is 0 Å². The second kappa shape index (κ2) is 5.69. The highest BCUT2D eigenvalue weighted by Gasteiger charge is 2.13. The van der Waals surface area contributed by atoms with E-state index in [0.717, 1.165) is 10.2 Å². The zero-order valence-corrected chi connectivity index (χ0v) is 12.6. The third-order valence-corrected chi connectivity index (χ3v) is 3.82. The van der Waals surface area contributed by atoms with Crippen molar-refractivity contribution in [1.29, 1.82) is 0 Å². The van der Waals surface area contributed by atoms with Crippen LogP contribution in [0.25, 0.3) is 10.8 Å². The number of rotatable bonds is 3. The molecule has 4 heteroatoms. The molecule has 1 heterocycles. The molecule has 1 atom stereocenters. The summed E-state index contributed by atoms with van der Waals surface area (Å²) in [6.45, 7) is 0. The molecule has 0 aliphatic heterocycles. The molecule has 0 saturated carbocycles. The van der Waals surface area contributed by atoms with Crippen LogP contribution in [0.15, 0.2) is 59.5 Å². The van der Waals surface area contributed by atoms with Crippen molar-refractivity contribution in [3.63, 3.8) is 0 Å². The molecule has 3 aromatic rings. The Morgan fingerprint density at radius 2 is 1.85 bits per heavy atom. The van der Waals surface area contributed by atoms with Crippen molar-refractivity contribution in [2.24, 2.45) is 0 Å². The van der Waals surface area contributed by atoms with Gasteiger partial charge in [-0.2, -0.15) is 0 Å². The van der Waals surface area contributed by atoms with E-state index >= 15 is 0 Å². The Morgan fingerprint density at radius 3 is 2.60 bits per heavy atom. The van der Waals surface area contributed by atoms with E-state index in [1.54, 1.807) is 18.6 Å². The normalized spacial score (nSPS) is 12.5. The van der Waals surface area contributed by atoms with Gasteiger partial charge in [-0.05, 0) is 41.6 Å². The molecule has 0 aliphatic carbocycles. The van der Waals surface area contributed by atoms with Crippen LogP contribution in [0, 0.1) is 0 Å².